The molecule has 8 nitrogen and oxygen atoms in total. The number of aryl methyl sites for hydroxylation is 1. The summed E-state index contributed by atoms with van der Waals surface area (Å²) >= 11 is 0. The molecule has 3 aromatic rings. The molecule has 0 radical (unpaired) electrons. The van der Waals surface area contributed by atoms with Crippen LogP contribution in [0.15, 0.2) is 54.6 Å². The van der Waals surface area contributed by atoms with Crippen molar-refractivity contribution in [2.24, 2.45) is 0 Å². The topological polar surface area (TPSA) is 93.5 Å². The Morgan fingerprint density at radius 3 is 2.53 bits per heavy atom. The predicted octanol–water partition coefficient (Wildman–Crippen LogP) is 3.41. The highest BCUT2D eigenvalue weighted by Crippen LogP contribution is 2.31. The van der Waals surface area contributed by atoms with Gasteiger partial charge in [0.05, 0.1) is 28.5 Å². The Bertz CT molecular complexity index is 1190. The summed E-state index contributed by atoms with van der Waals surface area (Å²) in [6, 6.07) is 16.2. The van der Waals surface area contributed by atoms with E-state index in [1.807, 2.05) is 30.3 Å². The lowest BCUT2D eigenvalue weighted by Crippen LogP contribution is -2.41. The minimum absolute atomic E-state index is 0.149. The lowest BCUT2D eigenvalue weighted by atomic mass is 10.1. The van der Waals surface area contributed by atoms with Crippen LogP contribution in [0.4, 0.5) is 11.4 Å². The van der Waals surface area contributed by atoms with Crippen molar-refractivity contribution in [3.63, 3.8) is 0 Å². The number of benzene rings is 2. The Labute approximate surface area is 185 Å². The first kappa shape index (κ1) is 21.3. The average Bonchev–Trinajstić information content (AvgIpc) is 3.00. The molecule has 1 atom stereocenters. The molecule has 0 bridgehead atoms. The highest BCUT2D eigenvalue weighted by atomic mass is 16.5. The predicted molar refractivity (Wildman–Crippen MR) is 120 cm³/mol. The number of nitrogens with zero attached hydrogens (tertiary/aromatic N) is 3. The average molecular weight is 432 g/mol. The van der Waals surface area contributed by atoms with Crippen molar-refractivity contribution < 1.29 is 19.1 Å². The van der Waals surface area contributed by atoms with Gasteiger partial charge in [-0.2, -0.15) is 5.10 Å². The molecular formula is C24H24N4O4. The molecule has 1 aliphatic rings. The minimum atomic E-state index is -0.611. The molecule has 0 unspecified atom stereocenters. The molecule has 1 aliphatic heterocycles. The third-order valence-electron chi connectivity index (χ3n) is 5.45. The third-order valence-corrected chi connectivity index (χ3v) is 5.45. The van der Waals surface area contributed by atoms with Gasteiger partial charge in [0, 0.05) is 12.5 Å². The van der Waals surface area contributed by atoms with Crippen LogP contribution in [0.2, 0.25) is 0 Å². The van der Waals surface area contributed by atoms with Gasteiger partial charge in [-0.25, -0.2) is 9.48 Å². The van der Waals surface area contributed by atoms with Gasteiger partial charge in [0.2, 0.25) is 5.91 Å². The SMILES string of the molecule is Cc1nn(-c2ccccc2)c(C)c1C(=O)OCC(=O)N1c2ccccc2NC(=O)C[C@H]1C. The normalized spacial score (nSPS) is 15.5. The van der Waals surface area contributed by atoms with Gasteiger partial charge in [-0.05, 0) is 45.0 Å². The second-order valence-electron chi connectivity index (χ2n) is 7.75. The highest BCUT2D eigenvalue weighted by molar-refractivity contribution is 6.05. The maximum absolute atomic E-state index is 13.1. The van der Waals surface area contributed by atoms with Gasteiger partial charge in [0.15, 0.2) is 6.61 Å². The Morgan fingerprint density at radius 1 is 1.09 bits per heavy atom. The fourth-order valence-corrected chi connectivity index (χ4v) is 4.00. The van der Waals surface area contributed by atoms with Crippen molar-refractivity contribution in [3.8, 4) is 5.69 Å². The van der Waals surface area contributed by atoms with Crippen LogP contribution in [-0.2, 0) is 14.3 Å². The van der Waals surface area contributed by atoms with E-state index in [2.05, 4.69) is 10.4 Å². The maximum atomic E-state index is 13.1. The Balaban J connectivity index is 1.53. The molecule has 2 heterocycles. The molecule has 8 heteroatoms. The van der Waals surface area contributed by atoms with Crippen molar-refractivity contribution >= 4 is 29.2 Å². The zero-order valence-corrected chi connectivity index (χ0v) is 18.2. The van der Waals surface area contributed by atoms with Gasteiger partial charge < -0.3 is 15.0 Å². The number of esters is 1. The van der Waals surface area contributed by atoms with Gasteiger partial charge in [-0.15, -0.1) is 0 Å². The van der Waals surface area contributed by atoms with Crippen molar-refractivity contribution in [1.29, 1.82) is 0 Å². The monoisotopic (exact) mass is 432 g/mol. The summed E-state index contributed by atoms with van der Waals surface area (Å²) in [7, 11) is 0. The molecule has 2 amide bonds. The van der Waals surface area contributed by atoms with Crippen LogP contribution < -0.4 is 10.2 Å². The molecule has 0 saturated carbocycles. The molecule has 1 aromatic heterocycles. The van der Waals surface area contributed by atoms with Crippen LogP contribution in [0, 0.1) is 13.8 Å². The number of amides is 2. The lowest BCUT2D eigenvalue weighted by Gasteiger charge is -2.27. The first-order valence-corrected chi connectivity index (χ1v) is 10.4. The van der Waals surface area contributed by atoms with Crippen molar-refractivity contribution in [3.05, 3.63) is 71.5 Å². The molecule has 0 fully saturated rings. The van der Waals surface area contributed by atoms with Crippen LogP contribution in [0.3, 0.4) is 0 Å². The number of carbonyl (C=O) groups excluding carboxylic acids is 3. The number of aromatic nitrogens is 2. The highest BCUT2D eigenvalue weighted by Gasteiger charge is 2.30. The zero-order chi connectivity index (χ0) is 22.8. The van der Waals surface area contributed by atoms with Crippen LogP contribution in [0.5, 0.6) is 0 Å². The number of ether oxygens (including phenoxy) is 1. The Kier molecular flexibility index (Phi) is 5.77. The molecule has 0 saturated heterocycles. The van der Waals surface area contributed by atoms with E-state index in [4.69, 9.17) is 4.74 Å². The molecule has 0 aliphatic carbocycles. The molecule has 32 heavy (non-hydrogen) atoms. The van der Waals surface area contributed by atoms with E-state index in [9.17, 15) is 14.4 Å². The summed E-state index contributed by atoms with van der Waals surface area (Å²) in [5.41, 5.74) is 3.45. The number of hydrogen-bond donors (Lipinski definition) is 1. The molecule has 1 N–H and O–H groups in total. The van der Waals surface area contributed by atoms with E-state index in [0.29, 0.717) is 28.3 Å². The molecule has 0 spiro atoms. The van der Waals surface area contributed by atoms with E-state index in [1.54, 1.807) is 49.7 Å². The quantitative estimate of drug-likeness (QED) is 0.638. The zero-order valence-electron chi connectivity index (χ0n) is 18.2. The third kappa shape index (κ3) is 3.99. The molecular weight excluding hydrogens is 408 g/mol. The summed E-state index contributed by atoms with van der Waals surface area (Å²) in [5.74, 6) is -1.18. The largest absolute Gasteiger partial charge is 0.452 e. The van der Waals surface area contributed by atoms with E-state index in [1.165, 1.54) is 4.90 Å². The molecule has 4 rings (SSSR count). The fraction of sp³-hybridized carbons (Fsp3) is 0.250. The second-order valence-corrected chi connectivity index (χ2v) is 7.75. The summed E-state index contributed by atoms with van der Waals surface area (Å²) < 4.78 is 7.07. The van der Waals surface area contributed by atoms with Gasteiger partial charge in [-0.3, -0.25) is 9.59 Å². The number of fused-ring (bicyclic) bond motifs is 1. The minimum Gasteiger partial charge on any atom is -0.452 e. The Morgan fingerprint density at radius 2 is 1.78 bits per heavy atom. The van der Waals surface area contributed by atoms with Gasteiger partial charge in [0.1, 0.15) is 5.56 Å². The van der Waals surface area contributed by atoms with Crippen molar-refractivity contribution in [2.45, 2.75) is 33.2 Å². The fourth-order valence-electron chi connectivity index (χ4n) is 4.00. The number of nitrogens with one attached hydrogen (secondary N) is 1. The summed E-state index contributed by atoms with van der Waals surface area (Å²) in [5, 5.41) is 7.27. The second kappa shape index (κ2) is 8.66. The summed E-state index contributed by atoms with van der Waals surface area (Å²) in [6.07, 6.45) is 0.149. The number of rotatable bonds is 4. The van der Waals surface area contributed by atoms with E-state index in [0.717, 1.165) is 5.69 Å². The summed E-state index contributed by atoms with van der Waals surface area (Å²) in [4.78, 5) is 39.5. The van der Waals surface area contributed by atoms with Crippen LogP contribution in [0.25, 0.3) is 5.69 Å². The smallest absolute Gasteiger partial charge is 0.342 e. The number of para-hydroxylation sites is 3. The maximum Gasteiger partial charge on any atom is 0.342 e. The van der Waals surface area contributed by atoms with Gasteiger partial charge in [-0.1, -0.05) is 30.3 Å². The standard InChI is InChI=1S/C24H24N4O4/c1-15-13-21(29)25-19-11-7-8-12-20(19)27(15)22(30)14-32-24(31)23-16(2)26-28(17(23)3)18-9-5-4-6-10-18/h4-12,15H,13-14H2,1-3H3,(H,25,29)/t15-/m1/s1. The van der Waals surface area contributed by atoms with Crippen LogP contribution >= 0.6 is 0 Å². The van der Waals surface area contributed by atoms with E-state index in [-0.39, 0.29) is 18.4 Å². The first-order valence-electron chi connectivity index (χ1n) is 10.4. The number of carbonyl (C=O) groups is 3. The molecule has 2 aromatic carbocycles. The van der Waals surface area contributed by atoms with E-state index < -0.39 is 18.5 Å². The van der Waals surface area contributed by atoms with E-state index >= 15 is 0 Å². The van der Waals surface area contributed by atoms with Gasteiger partial charge in [0.25, 0.3) is 5.91 Å². The van der Waals surface area contributed by atoms with Gasteiger partial charge >= 0.3 is 5.97 Å². The number of anilines is 2. The Hall–Kier alpha value is -3.94. The number of hydrogen-bond acceptors (Lipinski definition) is 5. The molecule has 164 valence electrons. The first-order chi connectivity index (χ1) is 15.4. The van der Waals surface area contributed by atoms with Crippen LogP contribution in [0.1, 0.15) is 35.1 Å². The van der Waals surface area contributed by atoms with Crippen molar-refractivity contribution in [1.82, 2.24) is 9.78 Å². The van der Waals surface area contributed by atoms with Crippen LogP contribution in [-0.4, -0.2) is 40.2 Å². The lowest BCUT2D eigenvalue weighted by molar-refractivity contribution is -0.122. The summed E-state index contributed by atoms with van der Waals surface area (Å²) in [6.45, 7) is 4.87. The van der Waals surface area contributed by atoms with Crippen molar-refractivity contribution in [2.75, 3.05) is 16.8 Å².